The van der Waals surface area contributed by atoms with Crippen molar-refractivity contribution in [2.75, 3.05) is 13.2 Å². The smallest absolute Gasteiger partial charge is 0.407 e. The molecule has 1 aliphatic heterocycles. The zero-order chi connectivity index (χ0) is 18.7. The van der Waals surface area contributed by atoms with Crippen LogP contribution in [0, 0.1) is 23.2 Å². The summed E-state index contributed by atoms with van der Waals surface area (Å²) in [5.41, 5.74) is 1.35. The number of alkyl carbamates (subject to hydrolysis) is 1. The van der Waals surface area contributed by atoms with Crippen molar-refractivity contribution in [2.24, 2.45) is 23.2 Å². The van der Waals surface area contributed by atoms with Crippen LogP contribution in [0.2, 0.25) is 0 Å². The summed E-state index contributed by atoms with van der Waals surface area (Å²) in [7, 11) is 0. The number of carbonyl (C=O) groups is 1. The van der Waals surface area contributed by atoms with E-state index in [9.17, 15) is 4.79 Å². The highest BCUT2D eigenvalue weighted by Crippen LogP contribution is 2.53. The van der Waals surface area contributed by atoms with Crippen molar-refractivity contribution >= 4 is 6.09 Å². The Morgan fingerprint density at radius 2 is 2.04 bits per heavy atom. The molecule has 4 heteroatoms. The SMILES string of the molecule is CCCC1OC[C@]2(COC(=O)NC3CCCCC3)C(C)C=C(C)C1[C@@H]2C. The lowest BCUT2D eigenvalue weighted by molar-refractivity contribution is -0.164. The molecule has 2 bridgehead atoms. The molecule has 0 radical (unpaired) electrons. The molecule has 1 amide bonds. The quantitative estimate of drug-likeness (QED) is 0.693. The van der Waals surface area contributed by atoms with E-state index in [-0.39, 0.29) is 11.5 Å². The van der Waals surface area contributed by atoms with Crippen molar-refractivity contribution in [3.8, 4) is 0 Å². The summed E-state index contributed by atoms with van der Waals surface area (Å²) in [4.78, 5) is 12.4. The summed E-state index contributed by atoms with van der Waals surface area (Å²) >= 11 is 0. The lowest BCUT2D eigenvalue weighted by Crippen LogP contribution is -2.57. The molecule has 3 rings (SSSR count). The standard InChI is InChI=1S/C22H37NO3/c1-5-9-19-20-15(2)12-16(3)22(13-25-19,17(20)4)14-26-21(24)23-18-10-7-6-8-11-18/h12,16-20H,5-11,13-14H2,1-4H3,(H,23,24)/t16?,17-,19?,20?,22-/m0/s1. The van der Waals surface area contributed by atoms with E-state index in [1.54, 1.807) is 0 Å². The fourth-order valence-corrected chi connectivity index (χ4v) is 5.59. The van der Waals surface area contributed by atoms with Crippen LogP contribution in [0.15, 0.2) is 11.6 Å². The van der Waals surface area contributed by atoms with Crippen LogP contribution < -0.4 is 5.32 Å². The van der Waals surface area contributed by atoms with Crippen LogP contribution in [-0.2, 0) is 9.47 Å². The predicted octanol–water partition coefficient (Wildman–Crippen LogP) is 5.08. The second-order valence-corrected chi connectivity index (χ2v) is 8.94. The van der Waals surface area contributed by atoms with Crippen LogP contribution in [-0.4, -0.2) is 31.5 Å². The second kappa shape index (κ2) is 8.33. The summed E-state index contributed by atoms with van der Waals surface area (Å²) in [6, 6.07) is 0.293. The van der Waals surface area contributed by atoms with Gasteiger partial charge in [0.05, 0.1) is 12.7 Å². The molecule has 2 fully saturated rings. The minimum absolute atomic E-state index is 0.0989. The van der Waals surface area contributed by atoms with Crippen molar-refractivity contribution in [2.45, 2.75) is 84.8 Å². The van der Waals surface area contributed by atoms with Gasteiger partial charge in [-0.15, -0.1) is 0 Å². The molecule has 3 aliphatic rings. The van der Waals surface area contributed by atoms with Crippen LogP contribution in [0.5, 0.6) is 0 Å². The van der Waals surface area contributed by atoms with Gasteiger partial charge in [0.1, 0.15) is 6.61 Å². The molecule has 148 valence electrons. The molecule has 1 saturated carbocycles. The Morgan fingerprint density at radius 1 is 1.31 bits per heavy atom. The lowest BCUT2D eigenvalue weighted by Gasteiger charge is -2.55. The first-order valence-corrected chi connectivity index (χ1v) is 10.7. The van der Waals surface area contributed by atoms with E-state index in [1.807, 2.05) is 0 Å². The van der Waals surface area contributed by atoms with E-state index in [1.165, 1.54) is 24.8 Å². The molecule has 0 aromatic carbocycles. The molecule has 0 aromatic heterocycles. The van der Waals surface area contributed by atoms with E-state index >= 15 is 0 Å². The maximum Gasteiger partial charge on any atom is 0.407 e. The Labute approximate surface area is 159 Å². The highest BCUT2D eigenvalue weighted by molar-refractivity contribution is 5.67. The van der Waals surface area contributed by atoms with Gasteiger partial charge in [-0.05, 0) is 38.0 Å². The number of rotatable bonds is 5. The Balaban J connectivity index is 1.65. The van der Waals surface area contributed by atoms with Crippen LogP contribution >= 0.6 is 0 Å². The van der Waals surface area contributed by atoms with Gasteiger partial charge in [0.2, 0.25) is 0 Å². The summed E-state index contributed by atoms with van der Waals surface area (Å²) in [5, 5.41) is 3.08. The Hall–Kier alpha value is -1.03. The van der Waals surface area contributed by atoms with Gasteiger partial charge in [0, 0.05) is 17.4 Å². The van der Waals surface area contributed by atoms with Gasteiger partial charge in [-0.3, -0.25) is 0 Å². The average molecular weight is 364 g/mol. The van der Waals surface area contributed by atoms with Gasteiger partial charge < -0.3 is 14.8 Å². The number of ether oxygens (including phenoxy) is 2. The third-order valence-electron chi connectivity index (χ3n) is 7.33. The Bertz CT molecular complexity index is 525. The zero-order valence-corrected chi connectivity index (χ0v) is 17.1. The van der Waals surface area contributed by atoms with Gasteiger partial charge in [-0.25, -0.2) is 4.79 Å². The predicted molar refractivity (Wildman–Crippen MR) is 104 cm³/mol. The van der Waals surface area contributed by atoms with E-state index in [0.717, 1.165) is 25.7 Å². The van der Waals surface area contributed by atoms with E-state index in [0.29, 0.717) is 43.1 Å². The molecule has 1 heterocycles. The van der Waals surface area contributed by atoms with Crippen LogP contribution in [0.3, 0.4) is 0 Å². The number of allylic oxidation sites excluding steroid dienone is 1. The highest BCUT2D eigenvalue weighted by atomic mass is 16.6. The molecule has 26 heavy (non-hydrogen) atoms. The molecule has 1 N–H and O–H groups in total. The van der Waals surface area contributed by atoms with E-state index in [2.05, 4.69) is 39.1 Å². The molecule has 0 spiro atoms. The zero-order valence-electron chi connectivity index (χ0n) is 17.1. The van der Waals surface area contributed by atoms with Crippen molar-refractivity contribution in [3.05, 3.63) is 11.6 Å². The number of fused-ring (bicyclic) bond motifs is 2. The number of amides is 1. The third kappa shape index (κ3) is 3.81. The van der Waals surface area contributed by atoms with Gasteiger partial charge in [0.25, 0.3) is 0 Å². The molecule has 5 atom stereocenters. The van der Waals surface area contributed by atoms with Crippen LogP contribution in [0.25, 0.3) is 0 Å². The van der Waals surface area contributed by atoms with Crippen molar-refractivity contribution in [3.63, 3.8) is 0 Å². The molecule has 4 nitrogen and oxygen atoms in total. The molecule has 3 unspecified atom stereocenters. The second-order valence-electron chi connectivity index (χ2n) is 8.94. The fraction of sp³-hybridized carbons (Fsp3) is 0.864. The Kier molecular flexibility index (Phi) is 6.32. The fourth-order valence-electron chi connectivity index (χ4n) is 5.59. The first-order chi connectivity index (χ1) is 12.5. The maximum atomic E-state index is 12.4. The van der Waals surface area contributed by atoms with Crippen molar-refractivity contribution < 1.29 is 14.3 Å². The summed E-state index contributed by atoms with van der Waals surface area (Å²) in [5.74, 6) is 1.28. The normalized spacial score (nSPS) is 37.8. The van der Waals surface area contributed by atoms with E-state index in [4.69, 9.17) is 9.47 Å². The monoisotopic (exact) mass is 363 g/mol. The lowest BCUT2D eigenvalue weighted by atomic mass is 9.56. The first-order valence-electron chi connectivity index (χ1n) is 10.7. The van der Waals surface area contributed by atoms with Crippen molar-refractivity contribution in [1.29, 1.82) is 0 Å². The topological polar surface area (TPSA) is 47.6 Å². The van der Waals surface area contributed by atoms with Crippen LogP contribution in [0.4, 0.5) is 4.79 Å². The maximum absolute atomic E-state index is 12.4. The van der Waals surface area contributed by atoms with Crippen LogP contribution in [0.1, 0.15) is 72.6 Å². The van der Waals surface area contributed by atoms with Gasteiger partial charge in [0.15, 0.2) is 0 Å². The number of hydrogen-bond acceptors (Lipinski definition) is 3. The third-order valence-corrected chi connectivity index (χ3v) is 7.33. The largest absolute Gasteiger partial charge is 0.449 e. The molecule has 2 aliphatic carbocycles. The molecule has 0 aromatic rings. The van der Waals surface area contributed by atoms with Gasteiger partial charge in [-0.1, -0.05) is 58.1 Å². The van der Waals surface area contributed by atoms with Gasteiger partial charge >= 0.3 is 6.09 Å². The highest BCUT2D eigenvalue weighted by Gasteiger charge is 2.53. The number of hydrogen-bond donors (Lipinski definition) is 1. The minimum atomic E-state index is -0.246. The summed E-state index contributed by atoms with van der Waals surface area (Å²) in [6.45, 7) is 10.2. The molecule has 1 saturated heterocycles. The molecular weight excluding hydrogens is 326 g/mol. The van der Waals surface area contributed by atoms with Crippen molar-refractivity contribution in [1.82, 2.24) is 5.32 Å². The summed E-state index contributed by atoms with van der Waals surface area (Å²) in [6.07, 6.45) is 10.6. The minimum Gasteiger partial charge on any atom is -0.449 e. The average Bonchev–Trinajstić information content (AvgIpc) is 2.61. The number of carbonyl (C=O) groups excluding carboxylic acids is 1. The summed E-state index contributed by atoms with van der Waals surface area (Å²) < 4.78 is 12.1. The Morgan fingerprint density at radius 3 is 2.73 bits per heavy atom. The van der Waals surface area contributed by atoms with E-state index < -0.39 is 0 Å². The first kappa shape index (κ1) is 19.7. The molecular formula is C22H37NO3. The number of nitrogens with one attached hydrogen (secondary N) is 1. The van der Waals surface area contributed by atoms with Gasteiger partial charge in [-0.2, -0.15) is 0 Å².